The Kier molecular flexibility index (Phi) is 3.73. The van der Waals surface area contributed by atoms with Crippen molar-refractivity contribution in [3.63, 3.8) is 0 Å². The van der Waals surface area contributed by atoms with Crippen molar-refractivity contribution in [3.8, 4) is 5.75 Å². The van der Waals surface area contributed by atoms with Gasteiger partial charge >= 0.3 is 0 Å². The highest BCUT2D eigenvalue weighted by Gasteiger charge is 2.20. The fourth-order valence-corrected chi connectivity index (χ4v) is 1.87. The normalized spacial score (nSPS) is 12.0. The van der Waals surface area contributed by atoms with Crippen molar-refractivity contribution in [2.45, 2.75) is 33.6 Å². The van der Waals surface area contributed by atoms with Crippen LogP contribution in [0.5, 0.6) is 5.75 Å². The van der Waals surface area contributed by atoms with Crippen molar-refractivity contribution in [2.75, 3.05) is 18.5 Å². The lowest BCUT2D eigenvalue weighted by Gasteiger charge is -2.24. The maximum absolute atomic E-state index is 11.4. The number of anilines is 1. The summed E-state index contributed by atoms with van der Waals surface area (Å²) in [6, 6.07) is 0. The number of hydrogen-bond donors (Lipinski definition) is 1. The lowest BCUT2D eigenvalue weighted by Crippen LogP contribution is -2.28. The monoisotopic (exact) mass is 241 g/mol. The zero-order valence-electron chi connectivity index (χ0n) is 10.3. The smallest absolute Gasteiger partial charge is 0.227 e. The van der Waals surface area contributed by atoms with Crippen molar-refractivity contribution >= 4 is 17.9 Å². The van der Waals surface area contributed by atoms with Crippen molar-refractivity contribution < 1.29 is 5.11 Å². The van der Waals surface area contributed by atoms with Gasteiger partial charge < -0.3 is 10.0 Å². The lowest BCUT2D eigenvalue weighted by molar-refractivity contribution is 0.366. The fraction of sp³-hybridized carbons (Fsp3) is 0.667. The number of rotatable bonds is 4. The summed E-state index contributed by atoms with van der Waals surface area (Å²) in [6.07, 6.45) is 2.08. The third kappa shape index (κ3) is 2.82. The second-order valence-electron chi connectivity index (χ2n) is 5.44. The van der Waals surface area contributed by atoms with E-state index in [1.165, 1.54) is 0 Å². The van der Waals surface area contributed by atoms with Crippen LogP contribution in [0.1, 0.15) is 33.6 Å². The molecular formula is C12H19NO2S. The van der Waals surface area contributed by atoms with Gasteiger partial charge in [-0.1, -0.05) is 33.0 Å². The summed E-state index contributed by atoms with van der Waals surface area (Å²) in [4.78, 5) is 13.2. The Labute approximate surface area is 101 Å². The molecule has 0 atom stereocenters. The molecule has 90 valence electrons. The molecule has 0 aromatic heterocycles. The van der Waals surface area contributed by atoms with E-state index < -0.39 is 0 Å². The molecular weight excluding hydrogens is 222 g/mol. The van der Waals surface area contributed by atoms with Crippen LogP contribution in [-0.4, -0.2) is 18.7 Å². The molecule has 0 amide bonds. The van der Waals surface area contributed by atoms with E-state index in [1.54, 1.807) is 4.90 Å². The minimum Gasteiger partial charge on any atom is -0.504 e. The van der Waals surface area contributed by atoms with Crippen LogP contribution >= 0.6 is 12.2 Å². The van der Waals surface area contributed by atoms with E-state index >= 15 is 0 Å². The van der Waals surface area contributed by atoms with Crippen LogP contribution < -0.4 is 10.3 Å². The molecule has 1 rings (SSSR count). The quantitative estimate of drug-likeness (QED) is 0.823. The zero-order chi connectivity index (χ0) is 12.5. The van der Waals surface area contributed by atoms with Crippen molar-refractivity contribution in [1.29, 1.82) is 0 Å². The first-order valence-electron chi connectivity index (χ1n) is 5.47. The third-order valence-corrected chi connectivity index (χ3v) is 3.04. The molecule has 0 aliphatic carbocycles. The van der Waals surface area contributed by atoms with Gasteiger partial charge in [0, 0.05) is 13.6 Å². The topological polar surface area (TPSA) is 40.5 Å². The first-order valence-corrected chi connectivity index (χ1v) is 5.88. The molecule has 0 fully saturated rings. The van der Waals surface area contributed by atoms with Gasteiger partial charge in [-0.05, 0) is 18.3 Å². The Morgan fingerprint density at radius 1 is 1.38 bits per heavy atom. The SMILES string of the molecule is CN(CCCC(C)(C)C)c1c(O)c(=S)c1=O. The van der Waals surface area contributed by atoms with E-state index in [2.05, 4.69) is 20.8 Å². The van der Waals surface area contributed by atoms with Gasteiger partial charge in [-0.15, -0.1) is 0 Å². The van der Waals surface area contributed by atoms with E-state index in [-0.39, 0.29) is 15.7 Å². The maximum atomic E-state index is 11.4. The highest BCUT2D eigenvalue weighted by molar-refractivity contribution is 7.71. The van der Waals surface area contributed by atoms with Gasteiger partial charge in [-0.25, -0.2) is 0 Å². The molecule has 0 bridgehead atoms. The summed E-state index contributed by atoms with van der Waals surface area (Å²) in [6.45, 7) is 7.33. The van der Waals surface area contributed by atoms with Gasteiger partial charge in [0.05, 0.1) is 0 Å². The molecule has 1 aromatic rings. The molecule has 3 nitrogen and oxygen atoms in total. The second-order valence-corrected chi connectivity index (χ2v) is 5.85. The van der Waals surface area contributed by atoms with Crippen LogP contribution in [0.15, 0.2) is 4.79 Å². The molecule has 0 saturated carbocycles. The van der Waals surface area contributed by atoms with Crippen LogP contribution in [0.4, 0.5) is 5.69 Å². The average Bonchev–Trinajstić information content (AvgIpc) is 2.15. The number of aromatic hydroxyl groups is 1. The third-order valence-electron chi connectivity index (χ3n) is 2.66. The van der Waals surface area contributed by atoms with E-state index in [9.17, 15) is 9.90 Å². The Morgan fingerprint density at radius 2 is 1.94 bits per heavy atom. The Hall–Kier alpha value is -0.900. The molecule has 0 aliphatic heterocycles. The summed E-state index contributed by atoms with van der Waals surface area (Å²) in [7, 11) is 1.81. The first-order chi connectivity index (χ1) is 7.24. The molecule has 0 saturated heterocycles. The maximum Gasteiger partial charge on any atom is 0.227 e. The summed E-state index contributed by atoms with van der Waals surface area (Å²) in [5, 5.41) is 9.45. The Morgan fingerprint density at radius 3 is 2.38 bits per heavy atom. The van der Waals surface area contributed by atoms with Crippen molar-refractivity contribution in [2.24, 2.45) is 5.41 Å². The van der Waals surface area contributed by atoms with Gasteiger partial charge in [0.15, 0.2) is 5.75 Å². The highest BCUT2D eigenvalue weighted by Crippen LogP contribution is 2.28. The molecule has 16 heavy (non-hydrogen) atoms. The van der Waals surface area contributed by atoms with Gasteiger partial charge in [-0.3, -0.25) is 4.79 Å². The van der Waals surface area contributed by atoms with Gasteiger partial charge in [-0.2, -0.15) is 0 Å². The molecule has 1 N–H and O–H groups in total. The predicted octanol–water partition coefficient (Wildman–Crippen LogP) is 2.62. The van der Waals surface area contributed by atoms with Crippen LogP contribution in [0.2, 0.25) is 0 Å². The summed E-state index contributed by atoms with van der Waals surface area (Å²) in [5.41, 5.74) is 0.473. The Bertz CT molecular complexity index is 438. The van der Waals surface area contributed by atoms with E-state index in [4.69, 9.17) is 12.2 Å². The molecule has 0 heterocycles. The molecule has 0 spiro atoms. The number of nitrogens with zero attached hydrogens (tertiary/aromatic N) is 1. The van der Waals surface area contributed by atoms with Crippen LogP contribution in [0.25, 0.3) is 0 Å². The zero-order valence-corrected chi connectivity index (χ0v) is 11.1. The largest absolute Gasteiger partial charge is 0.504 e. The van der Waals surface area contributed by atoms with E-state index in [1.807, 2.05) is 7.05 Å². The Balaban J connectivity index is 2.52. The van der Waals surface area contributed by atoms with Gasteiger partial charge in [0.25, 0.3) is 0 Å². The molecule has 1 aromatic carbocycles. The van der Waals surface area contributed by atoms with Crippen molar-refractivity contribution in [1.82, 2.24) is 0 Å². The minimum absolute atomic E-state index is 0.0155. The second kappa shape index (κ2) is 4.53. The van der Waals surface area contributed by atoms with Crippen LogP contribution in [0, 0.1) is 9.93 Å². The summed E-state index contributed by atoms with van der Waals surface area (Å²) < 4.78 is 0.0673. The molecule has 0 unspecified atom stereocenters. The number of hydrogen-bond acceptors (Lipinski definition) is 4. The summed E-state index contributed by atoms with van der Waals surface area (Å²) in [5.74, 6) is -0.0155. The highest BCUT2D eigenvalue weighted by atomic mass is 32.1. The first kappa shape index (κ1) is 13.2. The van der Waals surface area contributed by atoms with Crippen LogP contribution in [-0.2, 0) is 0 Å². The van der Waals surface area contributed by atoms with E-state index in [0.29, 0.717) is 11.1 Å². The average molecular weight is 241 g/mol. The minimum atomic E-state index is -0.203. The molecule has 4 heteroatoms. The lowest BCUT2D eigenvalue weighted by atomic mass is 9.90. The summed E-state index contributed by atoms with van der Waals surface area (Å²) >= 11 is 4.71. The predicted molar refractivity (Wildman–Crippen MR) is 69.5 cm³/mol. The molecule has 0 aliphatic rings. The van der Waals surface area contributed by atoms with Gasteiger partial charge in [0.2, 0.25) is 5.43 Å². The molecule has 0 radical (unpaired) electrons. The van der Waals surface area contributed by atoms with Crippen molar-refractivity contribution in [3.05, 3.63) is 14.7 Å². The van der Waals surface area contributed by atoms with Gasteiger partial charge in [0.1, 0.15) is 10.2 Å². The fourth-order valence-electron chi connectivity index (χ4n) is 1.68. The standard InChI is InChI=1S/C12H19NO2S/c1-12(2,3)6-5-7-13(4)8-9(14)11(16)10(8)15/h14H,5-7H2,1-4H3. The van der Waals surface area contributed by atoms with Crippen LogP contribution in [0.3, 0.4) is 0 Å². The van der Waals surface area contributed by atoms with E-state index in [0.717, 1.165) is 19.4 Å².